The quantitative estimate of drug-likeness (QED) is 0.818. The van der Waals surface area contributed by atoms with Crippen molar-refractivity contribution in [3.63, 3.8) is 0 Å². The lowest BCUT2D eigenvalue weighted by atomic mass is 10.2. The number of hydrogen-bond acceptors (Lipinski definition) is 4. The molecule has 1 rings (SSSR count). The molecule has 19 heavy (non-hydrogen) atoms. The highest BCUT2D eigenvalue weighted by atomic mass is 79.9. The molecule has 8 heteroatoms. The molecule has 2 N–H and O–H groups in total. The van der Waals surface area contributed by atoms with Crippen molar-refractivity contribution in [2.24, 2.45) is 0 Å². The minimum atomic E-state index is -3.12. The van der Waals surface area contributed by atoms with Crippen LogP contribution in [0, 0.1) is 5.82 Å². The molecule has 0 unspecified atom stereocenters. The Labute approximate surface area is 118 Å². The second-order valence-electron chi connectivity index (χ2n) is 3.76. The molecule has 0 heterocycles. The van der Waals surface area contributed by atoms with Gasteiger partial charge in [-0.25, -0.2) is 17.6 Å². The summed E-state index contributed by atoms with van der Waals surface area (Å²) >= 11 is 2.86. The van der Waals surface area contributed by atoms with Crippen molar-refractivity contribution < 1.29 is 22.7 Å². The first-order chi connectivity index (χ1) is 8.78. The lowest BCUT2D eigenvalue weighted by Gasteiger charge is -2.10. The summed E-state index contributed by atoms with van der Waals surface area (Å²) in [6.45, 7) is 1.60. The highest BCUT2D eigenvalue weighted by Gasteiger charge is 2.16. The van der Waals surface area contributed by atoms with Crippen molar-refractivity contribution in [1.29, 1.82) is 0 Å². The zero-order valence-electron chi connectivity index (χ0n) is 10.1. The molecular weight excluding hydrogens is 341 g/mol. The topological polar surface area (TPSA) is 83.5 Å². The van der Waals surface area contributed by atoms with Crippen molar-refractivity contribution in [1.82, 2.24) is 0 Å². The number of rotatable bonds is 6. The van der Waals surface area contributed by atoms with E-state index in [1.165, 1.54) is 19.1 Å². The van der Waals surface area contributed by atoms with Crippen molar-refractivity contribution in [3.8, 4) is 0 Å². The van der Waals surface area contributed by atoms with Crippen molar-refractivity contribution in [2.45, 2.75) is 6.92 Å². The molecule has 1 aromatic carbocycles. The number of sulfone groups is 1. The van der Waals surface area contributed by atoms with Gasteiger partial charge in [-0.2, -0.15) is 0 Å². The van der Waals surface area contributed by atoms with Gasteiger partial charge in [0, 0.05) is 12.3 Å². The van der Waals surface area contributed by atoms with Gasteiger partial charge in [0.25, 0.3) is 0 Å². The van der Waals surface area contributed by atoms with E-state index >= 15 is 0 Å². The van der Waals surface area contributed by atoms with Gasteiger partial charge in [-0.05, 0) is 28.1 Å². The van der Waals surface area contributed by atoms with Crippen LogP contribution in [-0.4, -0.2) is 37.5 Å². The average molecular weight is 354 g/mol. The van der Waals surface area contributed by atoms with Crippen LogP contribution in [0.1, 0.15) is 17.3 Å². The molecule has 0 spiro atoms. The molecule has 0 aliphatic heterocycles. The normalized spacial score (nSPS) is 11.3. The summed E-state index contributed by atoms with van der Waals surface area (Å²) < 4.78 is 36.2. The summed E-state index contributed by atoms with van der Waals surface area (Å²) in [5.41, 5.74) is -0.132. The third-order valence-corrected chi connectivity index (χ3v) is 4.96. The molecule has 106 valence electrons. The number of anilines is 1. The summed E-state index contributed by atoms with van der Waals surface area (Å²) in [6, 6.07) is 2.51. The largest absolute Gasteiger partial charge is 0.478 e. The summed E-state index contributed by atoms with van der Waals surface area (Å²) in [4.78, 5) is 10.8. The second kappa shape index (κ2) is 6.33. The molecule has 0 aromatic heterocycles. The Balaban J connectivity index is 2.82. The Kier molecular flexibility index (Phi) is 5.30. The van der Waals surface area contributed by atoms with Crippen LogP contribution in [-0.2, 0) is 9.84 Å². The minimum Gasteiger partial charge on any atom is -0.478 e. The molecule has 0 bridgehead atoms. The number of carbonyl (C=O) groups is 1. The summed E-state index contributed by atoms with van der Waals surface area (Å²) in [5.74, 6) is -2.08. The fourth-order valence-electron chi connectivity index (χ4n) is 1.34. The SMILES string of the molecule is CCS(=O)(=O)CCNc1ccc(C(=O)O)c(Br)c1F. The summed E-state index contributed by atoms with van der Waals surface area (Å²) in [6.07, 6.45) is 0. The van der Waals surface area contributed by atoms with E-state index in [0.717, 1.165) is 0 Å². The van der Waals surface area contributed by atoms with E-state index < -0.39 is 21.6 Å². The second-order valence-corrected chi connectivity index (χ2v) is 7.02. The maximum Gasteiger partial charge on any atom is 0.336 e. The molecule has 0 atom stereocenters. The fourth-order valence-corrected chi connectivity index (χ4v) is 2.55. The Bertz CT molecular complexity index is 589. The predicted octanol–water partition coefficient (Wildman–Crippen LogP) is 2.13. The number of hydrogen-bond donors (Lipinski definition) is 2. The Hall–Kier alpha value is -1.15. The number of nitrogens with one attached hydrogen (secondary N) is 1. The minimum absolute atomic E-state index is 0.0266. The zero-order chi connectivity index (χ0) is 14.6. The van der Waals surface area contributed by atoms with Crippen LogP contribution in [0.15, 0.2) is 16.6 Å². The first-order valence-electron chi connectivity index (χ1n) is 5.44. The summed E-state index contributed by atoms with van der Waals surface area (Å²) in [7, 11) is -3.12. The van der Waals surface area contributed by atoms with Crippen molar-refractivity contribution >= 4 is 37.4 Å². The lowest BCUT2D eigenvalue weighted by Crippen LogP contribution is -2.17. The van der Waals surface area contributed by atoms with E-state index in [1.807, 2.05) is 0 Å². The maximum absolute atomic E-state index is 13.8. The van der Waals surface area contributed by atoms with Gasteiger partial charge in [-0.1, -0.05) is 6.92 Å². The van der Waals surface area contributed by atoms with Gasteiger partial charge in [0.2, 0.25) is 0 Å². The Morgan fingerprint density at radius 3 is 2.63 bits per heavy atom. The lowest BCUT2D eigenvalue weighted by molar-refractivity contribution is 0.0695. The van der Waals surface area contributed by atoms with Crippen molar-refractivity contribution in [3.05, 3.63) is 28.0 Å². The van der Waals surface area contributed by atoms with Crippen LogP contribution in [0.5, 0.6) is 0 Å². The number of benzene rings is 1. The molecule has 0 saturated carbocycles. The summed E-state index contributed by atoms with van der Waals surface area (Å²) in [5, 5.41) is 11.4. The average Bonchev–Trinajstić information content (AvgIpc) is 2.34. The Morgan fingerprint density at radius 2 is 2.11 bits per heavy atom. The number of aromatic carboxylic acids is 1. The molecular formula is C11H13BrFNO4S. The van der Waals surface area contributed by atoms with Crippen molar-refractivity contribution in [2.75, 3.05) is 23.4 Å². The van der Waals surface area contributed by atoms with Gasteiger partial charge >= 0.3 is 5.97 Å². The number of halogens is 2. The Morgan fingerprint density at radius 1 is 1.47 bits per heavy atom. The predicted molar refractivity (Wildman–Crippen MR) is 73.9 cm³/mol. The highest BCUT2D eigenvalue weighted by molar-refractivity contribution is 9.10. The number of carboxylic acids is 1. The maximum atomic E-state index is 13.8. The van der Waals surface area contributed by atoms with Crippen LogP contribution >= 0.6 is 15.9 Å². The molecule has 1 aromatic rings. The number of carboxylic acid groups (broad SMARTS) is 1. The molecule has 0 aliphatic carbocycles. The van der Waals surface area contributed by atoms with E-state index in [1.54, 1.807) is 0 Å². The van der Waals surface area contributed by atoms with Gasteiger partial charge < -0.3 is 10.4 Å². The zero-order valence-corrected chi connectivity index (χ0v) is 12.5. The smallest absolute Gasteiger partial charge is 0.336 e. The third kappa shape index (κ3) is 4.17. The molecule has 0 aliphatic rings. The first kappa shape index (κ1) is 15.9. The van der Waals surface area contributed by atoms with Gasteiger partial charge in [0.05, 0.1) is 21.5 Å². The van der Waals surface area contributed by atoms with Crippen LogP contribution in [0.2, 0.25) is 0 Å². The van der Waals surface area contributed by atoms with Crippen LogP contribution in [0.4, 0.5) is 10.1 Å². The molecule has 5 nitrogen and oxygen atoms in total. The van der Waals surface area contributed by atoms with Crippen LogP contribution in [0.25, 0.3) is 0 Å². The molecule has 0 amide bonds. The van der Waals surface area contributed by atoms with E-state index in [0.29, 0.717) is 0 Å². The van der Waals surface area contributed by atoms with Crippen LogP contribution < -0.4 is 5.32 Å². The first-order valence-corrected chi connectivity index (χ1v) is 8.05. The van der Waals surface area contributed by atoms with Gasteiger partial charge in [0.15, 0.2) is 15.7 Å². The molecule has 0 fully saturated rings. The van der Waals surface area contributed by atoms with E-state index in [-0.39, 0.29) is 33.8 Å². The van der Waals surface area contributed by atoms with Gasteiger partial charge in [0.1, 0.15) is 0 Å². The highest BCUT2D eigenvalue weighted by Crippen LogP contribution is 2.27. The molecule has 0 radical (unpaired) electrons. The van der Waals surface area contributed by atoms with Gasteiger partial charge in [-0.15, -0.1) is 0 Å². The molecule has 0 saturated heterocycles. The van der Waals surface area contributed by atoms with E-state index in [9.17, 15) is 17.6 Å². The van der Waals surface area contributed by atoms with Crippen LogP contribution in [0.3, 0.4) is 0 Å². The van der Waals surface area contributed by atoms with Gasteiger partial charge in [-0.3, -0.25) is 0 Å². The third-order valence-electron chi connectivity index (χ3n) is 2.48. The van der Waals surface area contributed by atoms with E-state index in [4.69, 9.17) is 5.11 Å². The monoisotopic (exact) mass is 353 g/mol. The standard InChI is InChI=1S/C11H13BrFNO4S/c1-2-19(17,18)6-5-14-8-4-3-7(11(15)16)9(12)10(8)13/h3-4,14H,2,5-6H2,1H3,(H,15,16). The fraction of sp³-hybridized carbons (Fsp3) is 0.364. The van der Waals surface area contributed by atoms with E-state index in [2.05, 4.69) is 21.2 Å².